The topological polar surface area (TPSA) is 86.9 Å². The Morgan fingerprint density at radius 1 is 1.42 bits per heavy atom. The van der Waals surface area contributed by atoms with E-state index in [1.807, 2.05) is 6.08 Å². The predicted octanol–water partition coefficient (Wildman–Crippen LogP) is 0.646. The molecule has 3 N–H and O–H groups in total. The molecule has 1 aromatic heterocycles. The van der Waals surface area contributed by atoms with Gasteiger partial charge in [0.25, 0.3) is 0 Å². The first-order valence-electron chi connectivity index (χ1n) is 5.90. The normalized spacial score (nSPS) is 15.8. The lowest BCUT2D eigenvalue weighted by atomic mass is 10.1. The molecule has 0 amide bonds. The summed E-state index contributed by atoms with van der Waals surface area (Å²) in [6, 6.07) is 0. The van der Waals surface area contributed by atoms with Gasteiger partial charge in [-0.05, 0) is 26.8 Å². The van der Waals surface area contributed by atoms with Gasteiger partial charge in [0.15, 0.2) is 0 Å². The molecule has 8 heteroatoms. The Hall–Kier alpha value is -0.890. The second kappa shape index (κ2) is 6.51. The van der Waals surface area contributed by atoms with Crippen LogP contribution in [0.3, 0.4) is 0 Å². The van der Waals surface area contributed by atoms with Crippen LogP contribution in [-0.2, 0) is 10.0 Å². The van der Waals surface area contributed by atoms with Crippen molar-refractivity contribution in [2.45, 2.75) is 25.2 Å². The molecule has 0 spiro atoms. The number of sulfonamides is 1. The molecule has 19 heavy (non-hydrogen) atoms. The lowest BCUT2D eigenvalue weighted by molar-refractivity contribution is 0.581. The maximum absolute atomic E-state index is 12.2. The summed E-state index contributed by atoms with van der Waals surface area (Å²) in [6.45, 7) is 5.46. The van der Waals surface area contributed by atoms with Crippen LogP contribution in [0, 0.1) is 13.8 Å². The van der Waals surface area contributed by atoms with Gasteiger partial charge in [-0.1, -0.05) is 11.6 Å². The first kappa shape index (κ1) is 16.2. The average Bonchev–Trinajstić information content (AvgIpc) is 2.69. The van der Waals surface area contributed by atoms with Gasteiger partial charge in [0, 0.05) is 13.1 Å². The molecule has 1 aliphatic rings. The van der Waals surface area contributed by atoms with E-state index in [4.69, 9.17) is 0 Å². The van der Waals surface area contributed by atoms with Crippen molar-refractivity contribution in [2.24, 2.45) is 0 Å². The molecule has 0 saturated carbocycles. The SMILES string of the molecule is Cc1n[nH]c(C)c1S(=O)(=O)NCC1=CCNCC1.Cl. The monoisotopic (exact) mass is 306 g/mol. The quantitative estimate of drug-likeness (QED) is 0.713. The highest BCUT2D eigenvalue weighted by Crippen LogP contribution is 2.16. The summed E-state index contributed by atoms with van der Waals surface area (Å²) < 4.78 is 27.0. The molecule has 0 unspecified atom stereocenters. The summed E-state index contributed by atoms with van der Waals surface area (Å²) in [5, 5.41) is 9.78. The van der Waals surface area contributed by atoms with Crippen LogP contribution >= 0.6 is 12.4 Å². The van der Waals surface area contributed by atoms with E-state index in [0.29, 0.717) is 17.9 Å². The third kappa shape index (κ3) is 3.79. The smallest absolute Gasteiger partial charge is 0.244 e. The van der Waals surface area contributed by atoms with Crippen LogP contribution in [-0.4, -0.2) is 38.2 Å². The Morgan fingerprint density at radius 3 is 2.68 bits per heavy atom. The maximum Gasteiger partial charge on any atom is 0.244 e. The third-order valence-electron chi connectivity index (χ3n) is 2.98. The molecule has 0 atom stereocenters. The van der Waals surface area contributed by atoms with Crippen LogP contribution in [0.2, 0.25) is 0 Å². The van der Waals surface area contributed by atoms with E-state index in [-0.39, 0.29) is 17.3 Å². The number of aryl methyl sites for hydroxylation is 2. The molecule has 0 saturated heterocycles. The van der Waals surface area contributed by atoms with Crippen molar-refractivity contribution in [3.8, 4) is 0 Å². The highest BCUT2D eigenvalue weighted by Gasteiger charge is 2.22. The number of halogens is 1. The second-order valence-corrected chi connectivity index (χ2v) is 6.11. The van der Waals surface area contributed by atoms with Crippen molar-refractivity contribution in [1.82, 2.24) is 20.2 Å². The van der Waals surface area contributed by atoms with Gasteiger partial charge in [0.05, 0.1) is 11.4 Å². The average molecular weight is 307 g/mol. The Kier molecular flexibility index (Phi) is 5.54. The van der Waals surface area contributed by atoms with Gasteiger partial charge in [-0.3, -0.25) is 5.10 Å². The van der Waals surface area contributed by atoms with Crippen LogP contribution in [0.15, 0.2) is 16.5 Å². The number of hydrogen-bond donors (Lipinski definition) is 3. The van der Waals surface area contributed by atoms with Crippen LogP contribution < -0.4 is 10.0 Å². The molecule has 108 valence electrons. The zero-order chi connectivity index (χ0) is 13.2. The molecule has 0 bridgehead atoms. The molecular weight excluding hydrogens is 288 g/mol. The van der Waals surface area contributed by atoms with Crippen molar-refractivity contribution in [1.29, 1.82) is 0 Å². The fourth-order valence-corrected chi connectivity index (χ4v) is 3.43. The summed E-state index contributed by atoms with van der Waals surface area (Å²) in [5.74, 6) is 0. The van der Waals surface area contributed by atoms with E-state index in [1.54, 1.807) is 13.8 Å². The van der Waals surface area contributed by atoms with Crippen LogP contribution in [0.25, 0.3) is 0 Å². The largest absolute Gasteiger partial charge is 0.313 e. The first-order chi connectivity index (χ1) is 8.50. The summed E-state index contributed by atoms with van der Waals surface area (Å²) in [4.78, 5) is 0.261. The molecule has 0 aliphatic carbocycles. The van der Waals surface area contributed by atoms with Crippen molar-refractivity contribution < 1.29 is 8.42 Å². The highest BCUT2D eigenvalue weighted by molar-refractivity contribution is 7.89. The third-order valence-corrected chi connectivity index (χ3v) is 4.64. The molecule has 6 nitrogen and oxygen atoms in total. The Bertz CT molecular complexity index is 546. The molecule has 0 aromatic carbocycles. The van der Waals surface area contributed by atoms with E-state index in [1.165, 1.54) is 0 Å². The molecule has 0 fully saturated rings. The molecule has 1 aliphatic heterocycles. The van der Waals surface area contributed by atoms with E-state index in [0.717, 1.165) is 25.1 Å². The van der Waals surface area contributed by atoms with E-state index in [9.17, 15) is 8.42 Å². The van der Waals surface area contributed by atoms with Gasteiger partial charge in [-0.15, -0.1) is 12.4 Å². The Balaban J connectivity index is 0.00000180. The van der Waals surface area contributed by atoms with Crippen molar-refractivity contribution in [3.63, 3.8) is 0 Å². The predicted molar refractivity (Wildman–Crippen MR) is 76.1 cm³/mol. The molecule has 0 radical (unpaired) electrons. The van der Waals surface area contributed by atoms with Crippen LogP contribution in [0.4, 0.5) is 0 Å². The number of nitrogens with zero attached hydrogens (tertiary/aromatic N) is 1. The number of aromatic nitrogens is 2. The van der Waals surface area contributed by atoms with Crippen LogP contribution in [0.1, 0.15) is 17.8 Å². The Morgan fingerprint density at radius 2 is 2.16 bits per heavy atom. The summed E-state index contributed by atoms with van der Waals surface area (Å²) >= 11 is 0. The fraction of sp³-hybridized carbons (Fsp3) is 0.545. The lowest BCUT2D eigenvalue weighted by Crippen LogP contribution is -2.30. The molecular formula is C11H19ClN4O2S. The first-order valence-corrected chi connectivity index (χ1v) is 7.39. The lowest BCUT2D eigenvalue weighted by Gasteiger charge is -2.14. The standard InChI is InChI=1S/C11H18N4O2S.ClH/c1-8-11(9(2)15-14-8)18(16,17)13-7-10-3-5-12-6-4-10;/h3,12-13H,4-7H2,1-2H3,(H,14,15);1H. The minimum Gasteiger partial charge on any atom is -0.313 e. The summed E-state index contributed by atoms with van der Waals surface area (Å²) in [7, 11) is -3.48. The van der Waals surface area contributed by atoms with E-state index >= 15 is 0 Å². The molecule has 2 heterocycles. The Labute approximate surface area is 119 Å². The van der Waals surface area contributed by atoms with Gasteiger partial charge in [0.1, 0.15) is 4.90 Å². The number of H-pyrrole nitrogens is 1. The fourth-order valence-electron chi connectivity index (χ4n) is 2.03. The second-order valence-electron chi connectivity index (χ2n) is 4.40. The van der Waals surface area contributed by atoms with Crippen molar-refractivity contribution >= 4 is 22.4 Å². The number of nitrogens with one attached hydrogen (secondary N) is 3. The molecule has 1 aromatic rings. The van der Waals surface area contributed by atoms with Crippen LogP contribution in [0.5, 0.6) is 0 Å². The van der Waals surface area contributed by atoms with Crippen molar-refractivity contribution in [2.75, 3.05) is 19.6 Å². The van der Waals surface area contributed by atoms with Gasteiger partial charge in [-0.2, -0.15) is 5.10 Å². The van der Waals surface area contributed by atoms with Gasteiger partial charge in [0.2, 0.25) is 10.0 Å². The summed E-state index contributed by atoms with van der Waals surface area (Å²) in [5.41, 5.74) is 2.19. The van der Waals surface area contributed by atoms with E-state index < -0.39 is 10.0 Å². The summed E-state index contributed by atoms with van der Waals surface area (Å²) in [6.07, 6.45) is 2.91. The number of hydrogen-bond acceptors (Lipinski definition) is 4. The van der Waals surface area contributed by atoms with E-state index in [2.05, 4.69) is 20.2 Å². The number of rotatable bonds is 4. The maximum atomic E-state index is 12.2. The minimum absolute atomic E-state index is 0. The van der Waals surface area contributed by atoms with Gasteiger partial charge in [-0.25, -0.2) is 13.1 Å². The molecule has 2 rings (SSSR count). The number of aromatic amines is 1. The van der Waals surface area contributed by atoms with Gasteiger partial charge < -0.3 is 5.32 Å². The zero-order valence-corrected chi connectivity index (χ0v) is 12.6. The highest BCUT2D eigenvalue weighted by atomic mass is 35.5. The van der Waals surface area contributed by atoms with Crippen molar-refractivity contribution in [3.05, 3.63) is 23.0 Å². The minimum atomic E-state index is -3.48. The zero-order valence-electron chi connectivity index (χ0n) is 11.0. The van der Waals surface area contributed by atoms with Gasteiger partial charge >= 0.3 is 0 Å².